The van der Waals surface area contributed by atoms with Crippen LogP contribution in [0.4, 0.5) is 0 Å². The molecule has 0 bridgehead atoms. The summed E-state index contributed by atoms with van der Waals surface area (Å²) in [5.74, 6) is 0.732. The van der Waals surface area contributed by atoms with E-state index < -0.39 is 0 Å². The molecule has 0 heterocycles. The van der Waals surface area contributed by atoms with Gasteiger partial charge in [-0.05, 0) is 49.3 Å². The smallest absolute Gasteiger partial charge is 0.0811 e. The summed E-state index contributed by atoms with van der Waals surface area (Å²) in [5, 5.41) is 0. The molecule has 19 heavy (non-hydrogen) atoms. The molecule has 2 heteroatoms. The zero-order valence-electron chi connectivity index (χ0n) is 12.5. The molecule has 1 aromatic rings. The van der Waals surface area contributed by atoms with Gasteiger partial charge in [-0.3, -0.25) is 0 Å². The summed E-state index contributed by atoms with van der Waals surface area (Å²) in [4.78, 5) is 0. The third kappa shape index (κ3) is 3.37. The quantitative estimate of drug-likeness (QED) is 0.896. The van der Waals surface area contributed by atoms with Gasteiger partial charge >= 0.3 is 0 Å². The third-order valence-electron chi connectivity index (χ3n) is 4.59. The van der Waals surface area contributed by atoms with Crippen LogP contribution in [0.2, 0.25) is 0 Å². The Morgan fingerprint density at radius 2 is 2.00 bits per heavy atom. The molecule has 1 aliphatic carbocycles. The highest BCUT2D eigenvalue weighted by Crippen LogP contribution is 2.35. The first-order chi connectivity index (χ1) is 9.06. The highest BCUT2D eigenvalue weighted by atomic mass is 16.5. The lowest BCUT2D eigenvalue weighted by atomic mass is 9.78. The van der Waals surface area contributed by atoms with Crippen LogP contribution in [-0.2, 0) is 11.3 Å². The van der Waals surface area contributed by atoms with Crippen molar-refractivity contribution in [2.75, 3.05) is 6.54 Å². The van der Waals surface area contributed by atoms with E-state index in [1.165, 1.54) is 29.5 Å². The van der Waals surface area contributed by atoms with Crippen LogP contribution in [-0.4, -0.2) is 12.1 Å². The molecule has 2 atom stereocenters. The molecule has 1 aromatic carbocycles. The first kappa shape index (κ1) is 14.5. The highest BCUT2D eigenvalue weighted by molar-refractivity contribution is 5.32. The van der Waals surface area contributed by atoms with E-state index in [1.807, 2.05) is 0 Å². The van der Waals surface area contributed by atoms with Crippen molar-refractivity contribution in [3.63, 3.8) is 0 Å². The van der Waals surface area contributed by atoms with Crippen molar-refractivity contribution in [3.05, 3.63) is 34.9 Å². The van der Waals surface area contributed by atoms with Gasteiger partial charge in [0.15, 0.2) is 0 Å². The van der Waals surface area contributed by atoms with E-state index in [0.717, 1.165) is 18.8 Å². The lowest BCUT2D eigenvalue weighted by molar-refractivity contribution is -0.0842. The van der Waals surface area contributed by atoms with E-state index in [1.54, 1.807) is 0 Å². The summed E-state index contributed by atoms with van der Waals surface area (Å²) in [7, 11) is 0. The Morgan fingerprint density at radius 1 is 1.32 bits per heavy atom. The molecule has 0 spiro atoms. The second-order valence-corrected chi connectivity index (χ2v) is 6.25. The first-order valence-corrected chi connectivity index (χ1v) is 7.45. The van der Waals surface area contributed by atoms with Gasteiger partial charge in [-0.25, -0.2) is 0 Å². The Bertz CT molecular complexity index is 409. The van der Waals surface area contributed by atoms with Crippen molar-refractivity contribution >= 4 is 0 Å². The topological polar surface area (TPSA) is 35.2 Å². The van der Waals surface area contributed by atoms with Gasteiger partial charge < -0.3 is 10.5 Å². The third-order valence-corrected chi connectivity index (χ3v) is 4.59. The Hall–Kier alpha value is -0.860. The molecule has 2 nitrogen and oxygen atoms in total. The number of hydrogen-bond donors (Lipinski definition) is 1. The summed E-state index contributed by atoms with van der Waals surface area (Å²) < 4.78 is 6.31. The number of aryl methyl sites for hydroxylation is 2. The molecule has 1 fully saturated rings. The van der Waals surface area contributed by atoms with E-state index in [0.29, 0.717) is 13.2 Å². The molecule has 1 aliphatic rings. The van der Waals surface area contributed by atoms with Crippen LogP contribution >= 0.6 is 0 Å². The van der Waals surface area contributed by atoms with Crippen molar-refractivity contribution < 1.29 is 4.74 Å². The van der Waals surface area contributed by atoms with Crippen LogP contribution in [0.5, 0.6) is 0 Å². The van der Waals surface area contributed by atoms with Crippen LogP contribution < -0.4 is 5.73 Å². The van der Waals surface area contributed by atoms with Crippen LogP contribution in [0.25, 0.3) is 0 Å². The van der Waals surface area contributed by atoms with Gasteiger partial charge in [0.2, 0.25) is 0 Å². The maximum Gasteiger partial charge on any atom is 0.0811 e. The Morgan fingerprint density at radius 3 is 2.58 bits per heavy atom. The molecule has 106 valence electrons. The average molecular weight is 261 g/mol. The van der Waals surface area contributed by atoms with Crippen molar-refractivity contribution in [1.29, 1.82) is 0 Å². The average Bonchev–Trinajstić information content (AvgIpc) is 2.38. The van der Waals surface area contributed by atoms with Gasteiger partial charge in [0.05, 0.1) is 12.2 Å². The molecular weight excluding hydrogens is 234 g/mol. The largest absolute Gasteiger partial charge is 0.369 e. The molecule has 0 radical (unpaired) electrons. The number of benzene rings is 1. The summed E-state index contributed by atoms with van der Waals surface area (Å²) in [6, 6.07) is 6.42. The Kier molecular flexibility index (Phi) is 4.64. The lowest BCUT2D eigenvalue weighted by Gasteiger charge is -2.39. The van der Waals surface area contributed by atoms with E-state index in [4.69, 9.17) is 10.5 Å². The van der Waals surface area contributed by atoms with Gasteiger partial charge in [-0.15, -0.1) is 0 Å². The fraction of sp³-hybridized carbons (Fsp3) is 0.647. The van der Waals surface area contributed by atoms with Crippen LogP contribution in [0.15, 0.2) is 18.2 Å². The normalized spacial score (nSPS) is 27.5. The monoisotopic (exact) mass is 261 g/mol. The van der Waals surface area contributed by atoms with E-state index in [9.17, 15) is 0 Å². The standard InChI is InChI=1S/C17H27NO/c1-13-6-5-9-17(10-13,12-18)19-11-16-14(2)7-4-8-15(16)3/h4,7-8,13H,5-6,9-12,18H2,1-3H3. The van der Waals surface area contributed by atoms with E-state index in [2.05, 4.69) is 39.0 Å². The Labute approximate surface area is 117 Å². The minimum absolute atomic E-state index is 0.0909. The molecular formula is C17H27NO. The summed E-state index contributed by atoms with van der Waals surface area (Å²) in [5.41, 5.74) is 9.88. The first-order valence-electron chi connectivity index (χ1n) is 7.45. The maximum atomic E-state index is 6.31. The van der Waals surface area contributed by atoms with Gasteiger partial charge in [-0.2, -0.15) is 0 Å². The number of hydrogen-bond acceptors (Lipinski definition) is 2. The zero-order chi connectivity index (χ0) is 13.9. The zero-order valence-corrected chi connectivity index (χ0v) is 12.5. The van der Waals surface area contributed by atoms with Gasteiger partial charge in [0.25, 0.3) is 0 Å². The molecule has 0 aliphatic heterocycles. The molecule has 2 N–H and O–H groups in total. The molecule has 2 unspecified atom stereocenters. The second-order valence-electron chi connectivity index (χ2n) is 6.25. The Balaban J connectivity index is 2.07. The van der Waals surface area contributed by atoms with Gasteiger partial charge in [0.1, 0.15) is 0 Å². The van der Waals surface area contributed by atoms with Gasteiger partial charge in [0, 0.05) is 6.54 Å². The van der Waals surface area contributed by atoms with Crippen molar-refractivity contribution in [3.8, 4) is 0 Å². The second kappa shape index (κ2) is 6.06. The van der Waals surface area contributed by atoms with Crippen LogP contribution in [0.3, 0.4) is 0 Å². The molecule has 0 amide bonds. The lowest BCUT2D eigenvalue weighted by Crippen LogP contribution is -2.44. The fourth-order valence-corrected chi connectivity index (χ4v) is 3.29. The van der Waals surface area contributed by atoms with E-state index in [-0.39, 0.29) is 5.60 Å². The molecule has 1 saturated carbocycles. The highest BCUT2D eigenvalue weighted by Gasteiger charge is 2.34. The maximum absolute atomic E-state index is 6.31. The van der Waals surface area contributed by atoms with Crippen molar-refractivity contribution in [2.45, 2.75) is 58.7 Å². The minimum atomic E-state index is -0.0909. The minimum Gasteiger partial charge on any atom is -0.369 e. The van der Waals surface area contributed by atoms with Crippen LogP contribution in [0.1, 0.15) is 49.3 Å². The predicted molar refractivity (Wildman–Crippen MR) is 80.1 cm³/mol. The van der Waals surface area contributed by atoms with Gasteiger partial charge in [-0.1, -0.05) is 38.0 Å². The number of ether oxygens (including phenoxy) is 1. The number of nitrogens with two attached hydrogens (primary N) is 1. The van der Waals surface area contributed by atoms with Crippen LogP contribution in [0, 0.1) is 19.8 Å². The fourth-order valence-electron chi connectivity index (χ4n) is 3.29. The predicted octanol–water partition coefficient (Wildman–Crippen LogP) is 3.73. The summed E-state index contributed by atoms with van der Waals surface area (Å²) >= 11 is 0. The van der Waals surface area contributed by atoms with E-state index >= 15 is 0 Å². The summed E-state index contributed by atoms with van der Waals surface area (Å²) in [6.07, 6.45) is 4.77. The molecule has 2 rings (SSSR count). The molecule has 0 saturated heterocycles. The summed E-state index contributed by atoms with van der Waals surface area (Å²) in [6.45, 7) is 7.96. The SMILES string of the molecule is Cc1cccc(C)c1COC1(CN)CCCC(C)C1. The molecule has 0 aromatic heterocycles. The van der Waals surface area contributed by atoms with Crippen molar-refractivity contribution in [2.24, 2.45) is 11.7 Å². The number of rotatable bonds is 4. The van der Waals surface area contributed by atoms with Crippen molar-refractivity contribution in [1.82, 2.24) is 0 Å².